The van der Waals surface area contributed by atoms with Crippen LogP contribution in [0.25, 0.3) is 0 Å². The first kappa shape index (κ1) is 44.3. The van der Waals surface area contributed by atoms with E-state index < -0.39 is 0 Å². The molecule has 0 spiro atoms. The summed E-state index contributed by atoms with van der Waals surface area (Å²) in [6, 6.07) is 10.4. The molecule has 1 aromatic carbocycles. The van der Waals surface area contributed by atoms with E-state index in [0.717, 1.165) is 65.3 Å². The van der Waals surface area contributed by atoms with Gasteiger partial charge in [0.05, 0.1) is 19.8 Å². The van der Waals surface area contributed by atoms with Gasteiger partial charge in [-0.25, -0.2) is 0 Å². The molecule has 0 saturated carbocycles. The van der Waals surface area contributed by atoms with Crippen LogP contribution >= 0.6 is 0 Å². The van der Waals surface area contributed by atoms with Crippen LogP contribution in [0.2, 0.25) is 0 Å². The Labute approximate surface area is 313 Å². The first-order valence-electron chi connectivity index (χ1n) is 21.7. The molecule has 7 nitrogen and oxygen atoms in total. The maximum absolute atomic E-state index is 6.27. The molecular formula is C44H78O7. The molecule has 1 aromatic rings. The summed E-state index contributed by atoms with van der Waals surface area (Å²) in [6.45, 7) is 6.88. The SMILES string of the molecule is c1ccc(COCC(COCCCCCCCCCCCCOC2CCCCO2)OCCCCCCCCCCCCOC2CCCCO2)cc1. The zero-order chi connectivity index (χ0) is 35.5. The Morgan fingerprint density at radius 1 is 0.471 bits per heavy atom. The minimum Gasteiger partial charge on any atom is -0.379 e. The van der Waals surface area contributed by atoms with E-state index in [1.807, 2.05) is 6.07 Å². The lowest BCUT2D eigenvalue weighted by atomic mass is 10.1. The average Bonchev–Trinajstić information content (AvgIpc) is 3.17. The van der Waals surface area contributed by atoms with E-state index in [2.05, 4.69) is 24.3 Å². The molecule has 296 valence electrons. The zero-order valence-corrected chi connectivity index (χ0v) is 32.7. The largest absolute Gasteiger partial charge is 0.379 e. The van der Waals surface area contributed by atoms with E-state index in [-0.39, 0.29) is 18.7 Å². The highest BCUT2D eigenvalue weighted by Gasteiger charge is 2.14. The molecule has 0 aliphatic carbocycles. The predicted molar refractivity (Wildman–Crippen MR) is 208 cm³/mol. The van der Waals surface area contributed by atoms with Crippen LogP contribution in [0.4, 0.5) is 0 Å². The van der Waals surface area contributed by atoms with Crippen molar-refractivity contribution in [2.24, 2.45) is 0 Å². The molecule has 2 aliphatic heterocycles. The van der Waals surface area contributed by atoms with E-state index in [4.69, 9.17) is 33.2 Å². The van der Waals surface area contributed by atoms with Crippen molar-refractivity contribution in [3.05, 3.63) is 35.9 Å². The highest BCUT2D eigenvalue weighted by Crippen LogP contribution is 2.17. The molecule has 0 N–H and O–H groups in total. The molecule has 0 amide bonds. The number of ether oxygens (including phenoxy) is 7. The van der Waals surface area contributed by atoms with Gasteiger partial charge in [0.15, 0.2) is 12.6 Å². The lowest BCUT2D eigenvalue weighted by Gasteiger charge is -2.22. The zero-order valence-electron chi connectivity index (χ0n) is 32.7. The second-order valence-electron chi connectivity index (χ2n) is 15.0. The van der Waals surface area contributed by atoms with Crippen molar-refractivity contribution in [2.75, 3.05) is 52.9 Å². The van der Waals surface area contributed by atoms with Crippen LogP contribution in [0, 0.1) is 0 Å². The Morgan fingerprint density at radius 3 is 1.37 bits per heavy atom. The van der Waals surface area contributed by atoms with Crippen molar-refractivity contribution in [3.8, 4) is 0 Å². The fraction of sp³-hybridized carbons (Fsp3) is 0.864. The molecule has 0 radical (unpaired) electrons. The van der Waals surface area contributed by atoms with Crippen LogP contribution in [0.1, 0.15) is 173 Å². The summed E-state index contributed by atoms with van der Waals surface area (Å²) < 4.78 is 41.4. The van der Waals surface area contributed by atoms with Gasteiger partial charge in [0.1, 0.15) is 6.10 Å². The van der Waals surface area contributed by atoms with Crippen LogP contribution < -0.4 is 0 Å². The molecule has 3 rings (SSSR count). The van der Waals surface area contributed by atoms with Gasteiger partial charge < -0.3 is 33.2 Å². The Morgan fingerprint density at radius 2 is 0.902 bits per heavy atom. The normalized spacial score (nSPS) is 18.7. The van der Waals surface area contributed by atoms with Gasteiger partial charge in [-0.3, -0.25) is 0 Å². The van der Waals surface area contributed by atoms with Crippen molar-refractivity contribution < 1.29 is 33.2 Å². The summed E-state index contributed by atoms with van der Waals surface area (Å²) in [7, 11) is 0. The van der Waals surface area contributed by atoms with Gasteiger partial charge in [-0.1, -0.05) is 133 Å². The first-order chi connectivity index (χ1) is 25.4. The molecule has 0 bridgehead atoms. The molecule has 7 heteroatoms. The quantitative estimate of drug-likeness (QED) is 0.0647. The summed E-state index contributed by atoms with van der Waals surface area (Å²) >= 11 is 0. The van der Waals surface area contributed by atoms with Crippen molar-refractivity contribution >= 4 is 0 Å². The summed E-state index contributed by atoms with van der Waals surface area (Å²) in [4.78, 5) is 0. The average molecular weight is 719 g/mol. The topological polar surface area (TPSA) is 64.6 Å². The van der Waals surface area contributed by atoms with Crippen molar-refractivity contribution in [1.82, 2.24) is 0 Å². The van der Waals surface area contributed by atoms with Crippen molar-refractivity contribution in [1.29, 1.82) is 0 Å². The van der Waals surface area contributed by atoms with E-state index in [1.165, 1.54) is 147 Å². The number of benzene rings is 1. The highest BCUT2D eigenvalue weighted by molar-refractivity contribution is 5.13. The van der Waals surface area contributed by atoms with Gasteiger partial charge in [-0.05, 0) is 69.8 Å². The molecule has 3 unspecified atom stereocenters. The molecule has 3 atom stereocenters. The van der Waals surface area contributed by atoms with Gasteiger partial charge in [0, 0.05) is 39.6 Å². The molecule has 0 aromatic heterocycles. The Hall–Kier alpha value is -1.06. The van der Waals surface area contributed by atoms with E-state index in [9.17, 15) is 0 Å². The van der Waals surface area contributed by atoms with E-state index in [1.54, 1.807) is 0 Å². The standard InChI is InChI=1S/C44H78O7/c1(2-7-11-15-24-34-48-43-30-20-26-36-50-43)5-9-13-22-32-45-39-42(40-46-38-41-28-18-17-19-29-41)47-33-23-14-10-6-3-4-8-12-16-25-35-49-44-31-21-27-37-51-44/h17-19,28-29,42-44H,1-16,20-27,30-40H2. The third-order valence-electron chi connectivity index (χ3n) is 10.2. The smallest absolute Gasteiger partial charge is 0.157 e. The third kappa shape index (κ3) is 26.4. The molecule has 2 saturated heterocycles. The van der Waals surface area contributed by atoms with Crippen LogP contribution in [0.5, 0.6) is 0 Å². The first-order valence-corrected chi connectivity index (χ1v) is 21.7. The fourth-order valence-electron chi connectivity index (χ4n) is 6.95. The highest BCUT2D eigenvalue weighted by atomic mass is 16.7. The van der Waals surface area contributed by atoms with Crippen molar-refractivity contribution in [2.45, 2.75) is 192 Å². The van der Waals surface area contributed by atoms with Crippen LogP contribution in [-0.4, -0.2) is 71.5 Å². The van der Waals surface area contributed by atoms with Crippen LogP contribution in [0.3, 0.4) is 0 Å². The van der Waals surface area contributed by atoms with Crippen LogP contribution in [-0.2, 0) is 39.8 Å². The summed E-state index contributed by atoms with van der Waals surface area (Å²) in [5.74, 6) is 0. The van der Waals surface area contributed by atoms with E-state index in [0.29, 0.717) is 19.8 Å². The van der Waals surface area contributed by atoms with Gasteiger partial charge >= 0.3 is 0 Å². The lowest BCUT2D eigenvalue weighted by molar-refractivity contribution is -0.163. The molecule has 51 heavy (non-hydrogen) atoms. The van der Waals surface area contributed by atoms with Gasteiger partial charge in [0.25, 0.3) is 0 Å². The molecule has 2 fully saturated rings. The number of unbranched alkanes of at least 4 members (excludes halogenated alkanes) is 18. The Bertz CT molecular complexity index is 843. The van der Waals surface area contributed by atoms with Crippen molar-refractivity contribution in [3.63, 3.8) is 0 Å². The summed E-state index contributed by atoms with van der Waals surface area (Å²) in [5.41, 5.74) is 1.20. The maximum Gasteiger partial charge on any atom is 0.157 e. The second-order valence-corrected chi connectivity index (χ2v) is 15.0. The molecule has 2 heterocycles. The Kier molecular flexibility index (Phi) is 29.1. The second kappa shape index (κ2) is 33.5. The lowest BCUT2D eigenvalue weighted by Crippen LogP contribution is -2.26. The third-order valence-corrected chi connectivity index (χ3v) is 10.2. The Balaban J connectivity index is 1.09. The molecular weight excluding hydrogens is 640 g/mol. The fourth-order valence-corrected chi connectivity index (χ4v) is 6.95. The minimum atomic E-state index is 0.00135. The number of hydrogen-bond donors (Lipinski definition) is 0. The van der Waals surface area contributed by atoms with Gasteiger partial charge in [-0.2, -0.15) is 0 Å². The van der Waals surface area contributed by atoms with Gasteiger partial charge in [-0.15, -0.1) is 0 Å². The van der Waals surface area contributed by atoms with Crippen LogP contribution in [0.15, 0.2) is 30.3 Å². The number of rotatable bonds is 35. The summed E-state index contributed by atoms with van der Waals surface area (Å²) in [6.07, 6.45) is 32.8. The molecule has 2 aliphatic rings. The summed E-state index contributed by atoms with van der Waals surface area (Å²) in [5, 5.41) is 0. The number of hydrogen-bond acceptors (Lipinski definition) is 7. The predicted octanol–water partition coefficient (Wildman–Crippen LogP) is 11.5. The maximum atomic E-state index is 6.27. The minimum absolute atomic E-state index is 0.00135. The monoisotopic (exact) mass is 719 g/mol. The van der Waals surface area contributed by atoms with E-state index >= 15 is 0 Å². The van der Waals surface area contributed by atoms with Gasteiger partial charge in [0.2, 0.25) is 0 Å².